The van der Waals surface area contributed by atoms with E-state index in [1.54, 1.807) is 0 Å². The molecule has 0 radical (unpaired) electrons. The number of carboxylic acids is 2. The predicted octanol–water partition coefficient (Wildman–Crippen LogP) is 6.49. The average molecular weight is 573 g/mol. The zero-order valence-electron chi connectivity index (χ0n) is 22.8. The molecule has 0 heterocycles. The summed E-state index contributed by atoms with van der Waals surface area (Å²) in [5.41, 5.74) is -0.856. The van der Waals surface area contributed by atoms with Crippen molar-refractivity contribution in [2.24, 2.45) is 5.41 Å². The maximum atomic E-state index is 12.0. The molecule has 0 fully saturated rings. The van der Waals surface area contributed by atoms with Gasteiger partial charge in [0, 0.05) is 17.4 Å². The Kier molecular flexibility index (Phi) is 24.8. The van der Waals surface area contributed by atoms with E-state index in [9.17, 15) is 19.8 Å². The van der Waals surface area contributed by atoms with Crippen LogP contribution in [0.25, 0.3) is 0 Å². The van der Waals surface area contributed by atoms with E-state index in [2.05, 4.69) is 41.5 Å². The Morgan fingerprint density at radius 3 is 1.30 bits per heavy atom. The zero-order valence-corrected chi connectivity index (χ0v) is 25.7. The van der Waals surface area contributed by atoms with Gasteiger partial charge in [0.1, 0.15) is 0 Å². The van der Waals surface area contributed by atoms with E-state index < -0.39 is 17.4 Å². The van der Waals surface area contributed by atoms with Crippen molar-refractivity contribution in [3.63, 3.8) is 0 Å². The fourth-order valence-electron chi connectivity index (χ4n) is 4.41. The van der Waals surface area contributed by atoms with Crippen LogP contribution < -0.4 is 10.2 Å². The van der Waals surface area contributed by atoms with E-state index in [1.807, 2.05) is 0 Å². The molecule has 0 spiro atoms. The average Bonchev–Trinajstić information content (AvgIpc) is 2.71. The normalized spacial score (nSPS) is 11.3. The summed E-state index contributed by atoms with van der Waals surface area (Å²) in [7, 11) is 0. The molecule has 0 saturated heterocycles. The summed E-state index contributed by atoms with van der Waals surface area (Å²) in [6.07, 6.45) is 15.4. The molecule has 0 N–H and O–H groups in total. The van der Waals surface area contributed by atoms with Gasteiger partial charge < -0.3 is 19.8 Å². The van der Waals surface area contributed by atoms with Gasteiger partial charge in [-0.25, -0.2) is 0 Å². The molecule has 0 aromatic heterocycles. The van der Waals surface area contributed by atoms with Gasteiger partial charge in [-0.05, 0) is 32.1 Å². The molecule has 0 aromatic carbocycles. The molecule has 0 aliphatic heterocycles. The fraction of sp³-hybridized carbons (Fsp3) is 0.929. The first kappa shape index (κ1) is 34.9. The number of carbonyl (C=O) groups excluding carboxylic acids is 2. The number of hydrogen-bond acceptors (Lipinski definition) is 4. The zero-order chi connectivity index (χ0) is 25.5. The van der Waals surface area contributed by atoms with Crippen LogP contribution >= 0.6 is 0 Å². The summed E-state index contributed by atoms with van der Waals surface area (Å²) in [4.78, 5) is 22.7. The summed E-state index contributed by atoms with van der Waals surface area (Å²) in [5.74, 6) is -2.09. The number of unbranched alkanes of at least 4 members (excludes halogenated alkanes) is 10. The van der Waals surface area contributed by atoms with Crippen LogP contribution in [0.5, 0.6) is 0 Å². The van der Waals surface area contributed by atoms with Crippen molar-refractivity contribution >= 4 is 33.1 Å². The van der Waals surface area contributed by atoms with Crippen molar-refractivity contribution in [1.82, 2.24) is 0 Å². The van der Waals surface area contributed by atoms with Crippen molar-refractivity contribution in [3.05, 3.63) is 0 Å². The fourth-order valence-corrected chi connectivity index (χ4v) is 8.21. The minimum atomic E-state index is -1.10. The number of rotatable bonds is 21. The molecule has 0 bridgehead atoms. The molecule has 5 heteroatoms. The summed E-state index contributed by atoms with van der Waals surface area (Å²) in [6, 6.07) is 0. The monoisotopic (exact) mass is 574 g/mol. The van der Waals surface area contributed by atoms with E-state index in [1.165, 1.54) is 38.5 Å². The number of hydrogen-bond donors (Lipinski definition) is 0. The minimum absolute atomic E-state index is 0.0389. The maximum absolute atomic E-state index is 12.0. The second kappa shape index (κ2) is 23.5. The molecule has 0 aliphatic carbocycles. The van der Waals surface area contributed by atoms with Gasteiger partial charge in [0.05, 0.1) is 0 Å². The van der Waals surface area contributed by atoms with Crippen LogP contribution in [0.3, 0.4) is 0 Å². The third-order valence-electron chi connectivity index (χ3n) is 6.15. The summed E-state index contributed by atoms with van der Waals surface area (Å²) in [5, 5.41) is 22.7. The Balaban J connectivity index is 0. The SMILES string of the molecule is CCCCCCCCC(CCCCCCCC)(CCCC(=O)[O-])C(=O)[O-].C[CH](C)[Sn+2][CH](C)C. The van der Waals surface area contributed by atoms with Crippen molar-refractivity contribution in [2.75, 3.05) is 0 Å². The van der Waals surface area contributed by atoms with Gasteiger partial charge in [-0.2, -0.15) is 0 Å². The van der Waals surface area contributed by atoms with Crippen LogP contribution in [0, 0.1) is 5.41 Å². The van der Waals surface area contributed by atoms with Gasteiger partial charge in [0.15, 0.2) is 0 Å². The Morgan fingerprint density at radius 1 is 0.636 bits per heavy atom. The first-order chi connectivity index (χ1) is 15.6. The van der Waals surface area contributed by atoms with Gasteiger partial charge in [-0.15, -0.1) is 0 Å². The number of aliphatic carboxylic acids is 2. The molecular weight excluding hydrogens is 519 g/mol. The second-order valence-corrected chi connectivity index (χ2v) is 17.8. The van der Waals surface area contributed by atoms with Gasteiger partial charge in [-0.3, -0.25) is 0 Å². The summed E-state index contributed by atoms with van der Waals surface area (Å²) in [6.45, 7) is 13.7. The molecule has 0 atom stereocenters. The first-order valence-corrected chi connectivity index (χ1v) is 17.1. The van der Waals surface area contributed by atoms with Gasteiger partial charge >= 0.3 is 56.7 Å². The Labute approximate surface area is 216 Å². The Bertz CT molecular complexity index is 441. The van der Waals surface area contributed by atoms with Gasteiger partial charge in [0.25, 0.3) is 0 Å². The third kappa shape index (κ3) is 23.3. The van der Waals surface area contributed by atoms with E-state index in [0.717, 1.165) is 46.4 Å². The van der Waals surface area contributed by atoms with Crippen molar-refractivity contribution in [2.45, 2.75) is 159 Å². The van der Waals surface area contributed by atoms with E-state index in [4.69, 9.17) is 0 Å². The second-order valence-electron chi connectivity index (χ2n) is 10.3. The number of carbonyl (C=O) groups is 2. The molecule has 0 rings (SSSR count). The summed E-state index contributed by atoms with van der Waals surface area (Å²) >= 11 is 0.0389. The van der Waals surface area contributed by atoms with E-state index >= 15 is 0 Å². The van der Waals surface area contributed by atoms with Crippen molar-refractivity contribution < 1.29 is 19.8 Å². The third-order valence-corrected chi connectivity index (χ3v) is 9.96. The molecular formula is C28H54O4Sn. The van der Waals surface area contributed by atoms with Crippen molar-refractivity contribution in [1.29, 1.82) is 0 Å². The van der Waals surface area contributed by atoms with Crippen LogP contribution in [-0.2, 0) is 9.59 Å². The van der Waals surface area contributed by atoms with Crippen molar-refractivity contribution in [3.8, 4) is 0 Å². The molecule has 0 aliphatic rings. The standard InChI is InChI=1S/C22H42O4.2C3H7.Sn/c1-3-5-7-9-11-13-17-22(21(25)26,19-15-16-20(23)24)18-14-12-10-8-6-4-2;2*1-3-2;/h3-19H2,1-2H3,(H,23,24)(H,25,26);2*3H,1-2H3;/q;;;+2/p-2. The van der Waals surface area contributed by atoms with Crippen LogP contribution in [0.2, 0.25) is 7.87 Å². The molecule has 0 saturated carbocycles. The molecule has 0 amide bonds. The first-order valence-electron chi connectivity index (χ1n) is 13.8. The molecule has 33 heavy (non-hydrogen) atoms. The predicted molar refractivity (Wildman–Crippen MR) is 138 cm³/mol. The van der Waals surface area contributed by atoms with Crippen LogP contribution in [0.4, 0.5) is 0 Å². The topological polar surface area (TPSA) is 80.3 Å². The van der Waals surface area contributed by atoms with Crippen LogP contribution in [0.15, 0.2) is 0 Å². The van der Waals surface area contributed by atoms with Gasteiger partial charge in [-0.1, -0.05) is 90.9 Å². The summed E-state index contributed by atoms with van der Waals surface area (Å²) < 4.78 is 2.09. The number of carboxylic acid groups (broad SMARTS) is 2. The molecule has 194 valence electrons. The molecule has 0 aromatic rings. The van der Waals surface area contributed by atoms with Crippen LogP contribution in [-0.4, -0.2) is 33.1 Å². The van der Waals surface area contributed by atoms with E-state index in [0.29, 0.717) is 25.7 Å². The molecule has 0 unspecified atom stereocenters. The quantitative estimate of drug-likeness (QED) is 0.116. The van der Waals surface area contributed by atoms with Crippen LogP contribution in [0.1, 0.15) is 151 Å². The Hall–Kier alpha value is -0.261. The van der Waals surface area contributed by atoms with Gasteiger partial charge in [0.2, 0.25) is 0 Å². The Morgan fingerprint density at radius 2 is 1.00 bits per heavy atom. The van der Waals surface area contributed by atoms with E-state index in [-0.39, 0.29) is 27.6 Å². The molecule has 4 nitrogen and oxygen atoms in total.